The Bertz CT molecular complexity index is 735. The fraction of sp³-hybridized carbons (Fsp3) is 0.588. The minimum absolute atomic E-state index is 0.00822. The number of carbonyl (C=O) groups is 1. The molecule has 1 amide bonds. The maximum absolute atomic E-state index is 12.6. The van der Waals surface area contributed by atoms with Crippen LogP contribution in [0.15, 0.2) is 17.0 Å². The molecule has 0 aromatic heterocycles. The molecule has 0 atom stereocenters. The second-order valence-electron chi connectivity index (χ2n) is 6.83. The van der Waals surface area contributed by atoms with Crippen LogP contribution < -0.4 is 15.8 Å². The molecular formula is C17H27N3O4S. The summed E-state index contributed by atoms with van der Waals surface area (Å²) in [5.41, 5.74) is 1.48. The summed E-state index contributed by atoms with van der Waals surface area (Å²) >= 11 is 0. The maximum Gasteiger partial charge on any atom is 0.251 e. The van der Waals surface area contributed by atoms with Gasteiger partial charge >= 0.3 is 0 Å². The molecule has 0 saturated carbocycles. The fourth-order valence-corrected chi connectivity index (χ4v) is 4.14. The highest BCUT2D eigenvalue weighted by Crippen LogP contribution is 2.28. The van der Waals surface area contributed by atoms with E-state index in [4.69, 9.17) is 9.88 Å². The number of methoxy groups -OCH3 is 1. The van der Waals surface area contributed by atoms with Crippen LogP contribution in [0.2, 0.25) is 0 Å². The lowest BCUT2D eigenvalue weighted by Crippen LogP contribution is -2.47. The molecule has 1 aliphatic rings. The molecule has 4 N–H and O–H groups in total. The number of sulfonamides is 1. The Labute approximate surface area is 149 Å². The Hall–Kier alpha value is -1.48. The van der Waals surface area contributed by atoms with E-state index in [1.54, 1.807) is 27.0 Å². The number of hydrogen-bond donors (Lipinski definition) is 3. The van der Waals surface area contributed by atoms with Crippen LogP contribution in [0.25, 0.3) is 0 Å². The van der Waals surface area contributed by atoms with Gasteiger partial charge in [0.15, 0.2) is 0 Å². The summed E-state index contributed by atoms with van der Waals surface area (Å²) in [7, 11) is -2.22. The van der Waals surface area contributed by atoms with Crippen LogP contribution in [0.4, 0.5) is 0 Å². The first-order valence-corrected chi connectivity index (χ1v) is 9.85. The number of primary sulfonamides is 1. The van der Waals surface area contributed by atoms with Gasteiger partial charge in [-0.2, -0.15) is 0 Å². The molecule has 1 aromatic rings. The number of piperidine rings is 1. The number of amides is 1. The van der Waals surface area contributed by atoms with Gasteiger partial charge in [0.05, 0.1) is 11.5 Å². The lowest BCUT2D eigenvalue weighted by atomic mass is 9.79. The number of benzene rings is 1. The molecule has 2 rings (SSSR count). The first-order valence-electron chi connectivity index (χ1n) is 8.30. The van der Waals surface area contributed by atoms with Crippen molar-refractivity contribution < 1.29 is 17.9 Å². The van der Waals surface area contributed by atoms with E-state index < -0.39 is 10.0 Å². The van der Waals surface area contributed by atoms with Crippen molar-refractivity contribution in [3.05, 3.63) is 28.8 Å². The van der Waals surface area contributed by atoms with Crippen LogP contribution in [0.3, 0.4) is 0 Å². The molecule has 8 heteroatoms. The van der Waals surface area contributed by atoms with E-state index in [0.29, 0.717) is 29.8 Å². The second-order valence-corrected chi connectivity index (χ2v) is 8.36. The number of aryl methyl sites for hydroxylation is 1. The number of hydrogen-bond acceptors (Lipinski definition) is 5. The maximum atomic E-state index is 12.6. The van der Waals surface area contributed by atoms with Crippen molar-refractivity contribution in [2.45, 2.75) is 31.6 Å². The first-order chi connectivity index (χ1) is 11.7. The molecule has 1 fully saturated rings. The van der Waals surface area contributed by atoms with Crippen molar-refractivity contribution in [1.29, 1.82) is 0 Å². The zero-order valence-electron chi connectivity index (χ0n) is 15.0. The summed E-state index contributed by atoms with van der Waals surface area (Å²) in [6, 6.07) is 3.03. The Kier molecular flexibility index (Phi) is 6.21. The highest BCUT2D eigenvalue weighted by molar-refractivity contribution is 7.89. The molecule has 1 aliphatic heterocycles. The molecule has 0 spiro atoms. The Morgan fingerprint density at radius 2 is 1.96 bits per heavy atom. The predicted octanol–water partition coefficient (Wildman–Crippen LogP) is 0.697. The van der Waals surface area contributed by atoms with Crippen LogP contribution in [-0.2, 0) is 14.8 Å². The molecule has 140 valence electrons. The van der Waals surface area contributed by atoms with E-state index in [-0.39, 0.29) is 16.2 Å². The third-order valence-electron chi connectivity index (χ3n) is 4.93. The topological polar surface area (TPSA) is 111 Å². The van der Waals surface area contributed by atoms with Crippen LogP contribution >= 0.6 is 0 Å². The van der Waals surface area contributed by atoms with Crippen LogP contribution in [0, 0.1) is 19.3 Å². The SMILES string of the molecule is COCC1(CNC(=O)c2cc(C)c(C)c(S(N)(=O)=O)c2)CCNCC1. The predicted molar refractivity (Wildman–Crippen MR) is 96.0 cm³/mol. The third kappa shape index (κ3) is 4.78. The quantitative estimate of drug-likeness (QED) is 0.683. The van der Waals surface area contributed by atoms with Crippen molar-refractivity contribution in [1.82, 2.24) is 10.6 Å². The number of nitrogens with two attached hydrogens (primary N) is 1. The first kappa shape index (κ1) is 19.8. The number of rotatable bonds is 6. The number of ether oxygens (including phenoxy) is 1. The molecule has 1 aromatic carbocycles. The zero-order valence-corrected chi connectivity index (χ0v) is 15.8. The van der Waals surface area contributed by atoms with E-state index in [1.165, 1.54) is 6.07 Å². The van der Waals surface area contributed by atoms with Crippen LogP contribution in [0.5, 0.6) is 0 Å². The molecule has 1 saturated heterocycles. The highest BCUT2D eigenvalue weighted by atomic mass is 32.2. The molecule has 0 aliphatic carbocycles. The molecule has 1 heterocycles. The summed E-state index contributed by atoms with van der Waals surface area (Å²) in [5, 5.41) is 11.5. The van der Waals surface area contributed by atoms with E-state index in [2.05, 4.69) is 10.6 Å². The Balaban J connectivity index is 2.19. The molecule has 0 bridgehead atoms. The van der Waals surface area contributed by atoms with Crippen molar-refractivity contribution in [2.24, 2.45) is 10.6 Å². The van der Waals surface area contributed by atoms with E-state index in [0.717, 1.165) is 25.9 Å². The lowest BCUT2D eigenvalue weighted by molar-refractivity contribution is 0.0511. The fourth-order valence-electron chi connectivity index (χ4n) is 3.26. The summed E-state index contributed by atoms with van der Waals surface area (Å²) in [6.07, 6.45) is 1.83. The van der Waals surface area contributed by atoms with Gasteiger partial charge in [-0.1, -0.05) is 0 Å². The van der Waals surface area contributed by atoms with Crippen LogP contribution in [0.1, 0.15) is 34.3 Å². The molecule has 25 heavy (non-hydrogen) atoms. The van der Waals surface area contributed by atoms with Gasteiger partial charge < -0.3 is 15.4 Å². The van der Waals surface area contributed by atoms with Gasteiger partial charge in [-0.3, -0.25) is 4.79 Å². The standard InChI is InChI=1S/C17H27N3O4S/c1-12-8-14(9-15(13(12)2)25(18,22)23)16(21)20-10-17(11-24-3)4-6-19-7-5-17/h8-9,19H,4-7,10-11H2,1-3H3,(H,20,21)(H2,18,22,23). The smallest absolute Gasteiger partial charge is 0.251 e. The highest BCUT2D eigenvalue weighted by Gasteiger charge is 2.32. The van der Waals surface area contributed by atoms with Crippen molar-refractivity contribution >= 4 is 15.9 Å². The monoisotopic (exact) mass is 369 g/mol. The van der Waals surface area contributed by atoms with Gasteiger partial charge in [-0.05, 0) is 63.0 Å². The summed E-state index contributed by atoms with van der Waals surface area (Å²) in [5.74, 6) is -0.304. The van der Waals surface area contributed by atoms with Gasteiger partial charge in [0, 0.05) is 24.6 Å². The van der Waals surface area contributed by atoms with Crippen molar-refractivity contribution in [2.75, 3.05) is 33.4 Å². The average molecular weight is 369 g/mol. The molecule has 0 radical (unpaired) electrons. The summed E-state index contributed by atoms with van der Waals surface area (Å²) in [6.45, 7) is 6.28. The van der Waals surface area contributed by atoms with E-state index in [9.17, 15) is 13.2 Å². The van der Waals surface area contributed by atoms with Crippen LogP contribution in [-0.4, -0.2) is 47.7 Å². The minimum Gasteiger partial charge on any atom is -0.384 e. The van der Waals surface area contributed by atoms with Crippen molar-refractivity contribution in [3.8, 4) is 0 Å². The van der Waals surface area contributed by atoms with Crippen molar-refractivity contribution in [3.63, 3.8) is 0 Å². The summed E-state index contributed by atoms with van der Waals surface area (Å²) < 4.78 is 28.8. The number of carbonyl (C=O) groups excluding carboxylic acids is 1. The zero-order chi connectivity index (χ0) is 18.7. The van der Waals surface area contributed by atoms with Gasteiger partial charge in [0.25, 0.3) is 5.91 Å². The normalized spacial score (nSPS) is 17.3. The molecule has 7 nitrogen and oxygen atoms in total. The van der Waals surface area contributed by atoms with E-state index in [1.807, 2.05) is 0 Å². The van der Waals surface area contributed by atoms with Gasteiger partial charge in [-0.25, -0.2) is 13.6 Å². The third-order valence-corrected chi connectivity index (χ3v) is 5.96. The molecular weight excluding hydrogens is 342 g/mol. The van der Waals surface area contributed by atoms with E-state index >= 15 is 0 Å². The lowest BCUT2D eigenvalue weighted by Gasteiger charge is -2.37. The van der Waals surface area contributed by atoms with Gasteiger partial charge in [0.1, 0.15) is 0 Å². The van der Waals surface area contributed by atoms with Gasteiger partial charge in [-0.15, -0.1) is 0 Å². The average Bonchev–Trinajstić information content (AvgIpc) is 2.55. The Morgan fingerprint density at radius 1 is 1.32 bits per heavy atom. The second kappa shape index (κ2) is 7.82. The minimum atomic E-state index is -3.88. The van der Waals surface area contributed by atoms with Gasteiger partial charge in [0.2, 0.25) is 10.0 Å². The Morgan fingerprint density at radius 3 is 2.52 bits per heavy atom. The molecule has 0 unspecified atom stereocenters. The largest absolute Gasteiger partial charge is 0.384 e. The summed E-state index contributed by atoms with van der Waals surface area (Å²) in [4.78, 5) is 12.6. The number of nitrogens with one attached hydrogen (secondary N) is 2.